The topological polar surface area (TPSA) is 38.6 Å². The lowest BCUT2D eigenvalue weighted by molar-refractivity contribution is 1.13. The maximum atomic E-state index is 9.67. The van der Waals surface area contributed by atoms with Gasteiger partial charge >= 0.3 is 0 Å². The van der Waals surface area contributed by atoms with E-state index in [1.165, 1.54) is 76.6 Å². The van der Waals surface area contributed by atoms with E-state index in [2.05, 4.69) is 220 Å². The minimum Gasteiger partial charge on any atom is -0.309 e. The summed E-state index contributed by atoms with van der Waals surface area (Å²) in [6.45, 7) is 0. The van der Waals surface area contributed by atoms with Crippen molar-refractivity contribution in [2.45, 2.75) is 6.42 Å². The molecular formula is C62H38N4. The molecule has 13 aromatic rings. The Kier molecular flexibility index (Phi) is 7.78. The molecule has 3 aromatic heterocycles. The Bertz CT molecular complexity index is 4190. The molecule has 0 fully saturated rings. The Hall–Kier alpha value is -8.91. The van der Waals surface area contributed by atoms with E-state index in [0.29, 0.717) is 5.56 Å². The molecule has 0 amide bonds. The predicted molar refractivity (Wildman–Crippen MR) is 273 cm³/mol. The molecule has 4 nitrogen and oxygen atoms in total. The summed E-state index contributed by atoms with van der Waals surface area (Å²) in [6.07, 6.45) is 0.930. The van der Waals surface area contributed by atoms with E-state index >= 15 is 0 Å². The molecule has 10 aromatic carbocycles. The van der Waals surface area contributed by atoms with Crippen molar-refractivity contribution in [3.8, 4) is 56.5 Å². The second-order valence-corrected chi connectivity index (χ2v) is 17.6. The van der Waals surface area contributed by atoms with Crippen LogP contribution in [-0.2, 0) is 6.42 Å². The maximum Gasteiger partial charge on any atom is 0.0991 e. The van der Waals surface area contributed by atoms with Gasteiger partial charge in [0.25, 0.3) is 0 Å². The van der Waals surface area contributed by atoms with Crippen molar-refractivity contribution in [2.24, 2.45) is 0 Å². The first-order valence-corrected chi connectivity index (χ1v) is 22.6. The Morgan fingerprint density at radius 2 is 1.03 bits per heavy atom. The second kappa shape index (κ2) is 14.0. The van der Waals surface area contributed by atoms with Gasteiger partial charge in [0.15, 0.2) is 0 Å². The number of hydrogen-bond donors (Lipinski definition) is 0. The van der Waals surface area contributed by atoms with Gasteiger partial charge in [0.1, 0.15) is 0 Å². The highest BCUT2D eigenvalue weighted by Gasteiger charge is 2.25. The molecule has 4 heteroatoms. The van der Waals surface area contributed by atoms with Gasteiger partial charge in [0.05, 0.1) is 50.4 Å². The maximum absolute atomic E-state index is 9.67. The van der Waals surface area contributed by atoms with Crippen molar-refractivity contribution in [1.82, 2.24) is 13.7 Å². The number of aromatic nitrogens is 3. The monoisotopic (exact) mass is 838 g/mol. The molecule has 0 aliphatic heterocycles. The Labute approximate surface area is 380 Å². The molecule has 1 aliphatic rings. The number of fused-ring (bicyclic) bond motifs is 13. The van der Waals surface area contributed by atoms with Gasteiger partial charge in [-0.15, -0.1) is 0 Å². The lowest BCUT2D eigenvalue weighted by atomic mass is 9.98. The second-order valence-electron chi connectivity index (χ2n) is 17.6. The number of hydrogen-bond acceptors (Lipinski definition) is 1. The van der Waals surface area contributed by atoms with E-state index < -0.39 is 0 Å². The van der Waals surface area contributed by atoms with Crippen molar-refractivity contribution in [1.29, 1.82) is 5.26 Å². The lowest BCUT2D eigenvalue weighted by Crippen LogP contribution is -2.01. The molecule has 0 saturated carbocycles. The van der Waals surface area contributed by atoms with Crippen LogP contribution in [0.2, 0.25) is 0 Å². The predicted octanol–water partition coefficient (Wildman–Crippen LogP) is 15.8. The Morgan fingerprint density at radius 1 is 0.348 bits per heavy atom. The smallest absolute Gasteiger partial charge is 0.0991 e. The standard InChI is InChI=1S/C62H38N4/c63-38-39-13-12-15-42(33-39)40-25-27-41(28-26-40)48-30-29-46(64-55-22-9-7-20-50(55)54-37-53-44(35-59(54)64)34-43-14-4-5-18-47(43)53)36-60(48)66-57-24-11-8-21-52(57)61-58(66)32-31-51-49-19-6-10-23-56(49)65(62(51)61)45-16-2-1-3-17-45/h1-33,35-37H,34H2. The molecule has 0 bridgehead atoms. The fraction of sp³-hybridized carbons (Fsp3) is 0.0161. The van der Waals surface area contributed by atoms with Crippen LogP contribution in [0, 0.1) is 11.3 Å². The van der Waals surface area contributed by atoms with Crippen molar-refractivity contribution in [3.63, 3.8) is 0 Å². The van der Waals surface area contributed by atoms with Crippen LogP contribution in [0.25, 0.3) is 116 Å². The molecule has 306 valence electrons. The summed E-state index contributed by atoms with van der Waals surface area (Å²) in [5.41, 5.74) is 20.8. The van der Waals surface area contributed by atoms with Crippen LogP contribution in [0.1, 0.15) is 16.7 Å². The summed E-state index contributed by atoms with van der Waals surface area (Å²) in [7, 11) is 0. The number of rotatable bonds is 5. The zero-order chi connectivity index (χ0) is 43.5. The van der Waals surface area contributed by atoms with E-state index in [4.69, 9.17) is 0 Å². The molecule has 0 atom stereocenters. The summed E-state index contributed by atoms with van der Waals surface area (Å²) in [5, 5.41) is 17.1. The summed E-state index contributed by atoms with van der Waals surface area (Å²) in [6, 6.07) is 81.7. The van der Waals surface area contributed by atoms with Crippen LogP contribution < -0.4 is 0 Å². The van der Waals surface area contributed by atoms with Crippen LogP contribution in [-0.4, -0.2) is 13.7 Å². The third kappa shape index (κ3) is 5.26. The molecule has 0 unspecified atom stereocenters. The zero-order valence-corrected chi connectivity index (χ0v) is 35.8. The van der Waals surface area contributed by atoms with E-state index in [1.807, 2.05) is 18.2 Å². The summed E-state index contributed by atoms with van der Waals surface area (Å²) in [4.78, 5) is 0. The first-order valence-electron chi connectivity index (χ1n) is 22.6. The molecule has 14 rings (SSSR count). The average molecular weight is 839 g/mol. The third-order valence-corrected chi connectivity index (χ3v) is 14.1. The summed E-state index contributed by atoms with van der Waals surface area (Å²) >= 11 is 0. The average Bonchev–Trinajstić information content (AvgIpc) is 4.12. The lowest BCUT2D eigenvalue weighted by Gasteiger charge is -2.18. The van der Waals surface area contributed by atoms with Crippen LogP contribution in [0.3, 0.4) is 0 Å². The van der Waals surface area contributed by atoms with Crippen LogP contribution in [0.4, 0.5) is 0 Å². The Morgan fingerprint density at radius 3 is 1.83 bits per heavy atom. The highest BCUT2D eigenvalue weighted by Crippen LogP contribution is 2.46. The third-order valence-electron chi connectivity index (χ3n) is 14.1. The van der Waals surface area contributed by atoms with E-state index in [0.717, 1.165) is 56.8 Å². The fourth-order valence-corrected chi connectivity index (χ4v) is 11.2. The van der Waals surface area contributed by atoms with Gasteiger partial charge < -0.3 is 13.7 Å². The quantitative estimate of drug-likeness (QED) is 0.170. The first kappa shape index (κ1) is 36.6. The van der Waals surface area contributed by atoms with Gasteiger partial charge in [0, 0.05) is 49.3 Å². The molecule has 0 saturated heterocycles. The normalized spacial score (nSPS) is 12.2. The minimum absolute atomic E-state index is 0.653. The van der Waals surface area contributed by atoms with Crippen molar-refractivity contribution >= 4 is 65.4 Å². The van der Waals surface area contributed by atoms with Gasteiger partial charge in [-0.1, -0.05) is 146 Å². The highest BCUT2D eigenvalue weighted by molar-refractivity contribution is 6.26. The molecule has 0 N–H and O–H groups in total. The Balaban J connectivity index is 1.07. The van der Waals surface area contributed by atoms with Gasteiger partial charge in [0.2, 0.25) is 0 Å². The van der Waals surface area contributed by atoms with Crippen LogP contribution in [0.5, 0.6) is 0 Å². The van der Waals surface area contributed by atoms with Gasteiger partial charge in [-0.2, -0.15) is 5.26 Å². The van der Waals surface area contributed by atoms with Crippen LogP contribution >= 0.6 is 0 Å². The highest BCUT2D eigenvalue weighted by atomic mass is 15.0. The fourth-order valence-electron chi connectivity index (χ4n) is 11.2. The van der Waals surface area contributed by atoms with Crippen molar-refractivity contribution < 1.29 is 0 Å². The molecule has 0 radical (unpaired) electrons. The van der Waals surface area contributed by atoms with Gasteiger partial charge in [-0.05, 0) is 118 Å². The molecule has 66 heavy (non-hydrogen) atoms. The number of nitriles is 1. The van der Waals surface area contributed by atoms with Crippen molar-refractivity contribution in [2.75, 3.05) is 0 Å². The minimum atomic E-state index is 0.653. The summed E-state index contributed by atoms with van der Waals surface area (Å²) < 4.78 is 7.43. The number of nitrogens with zero attached hydrogens (tertiary/aromatic N) is 4. The van der Waals surface area contributed by atoms with Crippen LogP contribution in [0.15, 0.2) is 218 Å². The number of para-hydroxylation sites is 4. The van der Waals surface area contributed by atoms with Gasteiger partial charge in [-0.3, -0.25) is 0 Å². The largest absolute Gasteiger partial charge is 0.309 e. The molecule has 0 spiro atoms. The molecular weight excluding hydrogens is 801 g/mol. The van der Waals surface area contributed by atoms with E-state index in [1.54, 1.807) is 0 Å². The van der Waals surface area contributed by atoms with E-state index in [-0.39, 0.29) is 0 Å². The SMILES string of the molecule is N#Cc1cccc(-c2ccc(-c3ccc(-n4c5ccccc5c5cc6c(cc54)Cc4ccccc4-6)cc3-n3c4ccccc4c4c3ccc3c5ccccc5n(-c5ccccc5)c34)cc2)c1. The summed E-state index contributed by atoms with van der Waals surface area (Å²) in [5.74, 6) is 0. The number of benzene rings is 10. The van der Waals surface area contributed by atoms with Gasteiger partial charge in [-0.25, -0.2) is 0 Å². The molecule has 3 heterocycles. The van der Waals surface area contributed by atoms with Crippen molar-refractivity contribution in [3.05, 3.63) is 235 Å². The van der Waals surface area contributed by atoms with E-state index in [9.17, 15) is 5.26 Å². The first-order chi connectivity index (χ1) is 32.7. The molecule has 1 aliphatic carbocycles. The zero-order valence-electron chi connectivity index (χ0n) is 35.8.